The number of nitro benzene ring substituents is 1. The van der Waals surface area contributed by atoms with Gasteiger partial charge in [0.25, 0.3) is 0 Å². The van der Waals surface area contributed by atoms with Gasteiger partial charge in [-0.15, -0.1) is 0 Å². The van der Waals surface area contributed by atoms with Crippen molar-refractivity contribution in [2.75, 3.05) is 62.8 Å². The number of likely N-dealkylation sites (N-methyl/N-ethyl adjacent to an activating group) is 1. The molecule has 2 saturated heterocycles. The van der Waals surface area contributed by atoms with Gasteiger partial charge >= 0.3 is 127 Å². The Bertz CT molecular complexity index is 1960. The van der Waals surface area contributed by atoms with Crippen molar-refractivity contribution < 1.29 is 73.3 Å². The molecule has 0 radical (unpaired) electrons. The minimum atomic E-state index is -6.43. The zero-order valence-electron chi connectivity index (χ0n) is 35.5. The number of aryl methyl sites for hydroxylation is 6. The van der Waals surface area contributed by atoms with Crippen LogP contribution in [0.5, 0.6) is 5.75 Å². The number of nitrogens with zero attached hydrogens (tertiary/aromatic N) is 5. The molecule has 2 aliphatic rings. The van der Waals surface area contributed by atoms with Crippen LogP contribution in [0.15, 0.2) is 42.5 Å². The number of rotatable bonds is 13. The Labute approximate surface area is 361 Å². The van der Waals surface area contributed by atoms with Crippen molar-refractivity contribution in [2.45, 2.75) is 79.3 Å². The van der Waals surface area contributed by atoms with Crippen molar-refractivity contribution >= 4 is 33.6 Å². The molecule has 0 atom stereocenters. The van der Waals surface area contributed by atoms with Gasteiger partial charge in [-0.05, 0) is 70.8 Å². The summed E-state index contributed by atoms with van der Waals surface area (Å²) in [4.78, 5) is 39.5. The Morgan fingerprint density at radius 3 is 1.74 bits per heavy atom. The second kappa shape index (κ2) is 21.0. The molecule has 0 unspecified atom stereocenters. The van der Waals surface area contributed by atoms with Crippen molar-refractivity contribution in [3.8, 4) is 5.75 Å². The first-order valence-corrected chi connectivity index (χ1v) is 20.1. The van der Waals surface area contributed by atoms with Gasteiger partial charge in [0, 0.05) is 44.1 Å². The quantitative estimate of drug-likeness (QED) is 0.0451. The molecule has 19 heteroatoms. The maximum Gasteiger partial charge on any atom is 0.411 e. The van der Waals surface area contributed by atoms with E-state index in [1.165, 1.54) is 56.9 Å². The Morgan fingerprint density at radius 2 is 1.34 bits per heavy atom. The minimum Gasteiger partial charge on any atom is -0.502 e. The standard InChI is InChI=1S/C21H27N2.C11H14F6N2O4.C10H11NO3.Ru/c1-14-9-16(3)20(17(4)10-14)22-7-8-23(13-22)21-18(5)11-15(2)12-19(21)6;1-18-2-3-19(6-18)4-5-23-8(22)10(14,15)11(16,17)9(12,13)7(20)21;1-7(2)14-10-5-4-9(11(12)13)6-8(10)3;/h9-13H,7-8H2,1-6H3;2-6H2,1H3,(H,20,21);3-7H,1-2H3;/q-1;;;+1. The van der Waals surface area contributed by atoms with Crippen LogP contribution in [0.2, 0.25) is 0 Å². The summed E-state index contributed by atoms with van der Waals surface area (Å²) in [5.41, 5.74) is 11.6. The van der Waals surface area contributed by atoms with Crippen molar-refractivity contribution in [3.63, 3.8) is 0 Å². The van der Waals surface area contributed by atoms with E-state index in [1.807, 2.05) is 18.7 Å². The van der Waals surface area contributed by atoms with Crippen molar-refractivity contribution in [1.29, 1.82) is 0 Å². The zero-order chi connectivity index (χ0) is 46.2. The number of carbonyl (C=O) groups excluding carboxylic acids is 1. The number of carbonyl (C=O) groups is 2. The molecule has 3 aromatic rings. The van der Waals surface area contributed by atoms with E-state index in [0.717, 1.165) is 13.1 Å². The summed E-state index contributed by atoms with van der Waals surface area (Å²) in [6.07, 6.45) is 0.0526. The number of benzene rings is 3. The molecule has 337 valence electrons. The number of non-ortho nitro benzene ring substituents is 1. The fourth-order valence-electron chi connectivity index (χ4n) is 6.97. The van der Waals surface area contributed by atoms with E-state index in [4.69, 9.17) is 9.84 Å². The first-order chi connectivity index (χ1) is 28.2. The average molecular weight is 954 g/mol. The predicted molar refractivity (Wildman–Crippen MR) is 217 cm³/mol. The van der Waals surface area contributed by atoms with Crippen LogP contribution >= 0.6 is 0 Å². The first kappa shape index (κ1) is 50.7. The van der Waals surface area contributed by atoms with Crippen LogP contribution in [0, 0.1) is 58.3 Å². The van der Waals surface area contributed by atoms with E-state index in [-0.39, 0.29) is 18.3 Å². The molecule has 12 nitrogen and oxygen atoms in total. The third-order valence-electron chi connectivity index (χ3n) is 9.58. The summed E-state index contributed by atoms with van der Waals surface area (Å²) in [5.74, 6) is -24.3. The number of aliphatic carboxylic acids is 1. The van der Waals surface area contributed by atoms with Crippen LogP contribution < -0.4 is 14.5 Å². The summed E-state index contributed by atoms with van der Waals surface area (Å²) in [5, 5.41) is 18.5. The topological polar surface area (TPSA) is 129 Å². The Kier molecular flexibility index (Phi) is 17.5. The molecule has 0 amide bonds. The second-order valence-electron chi connectivity index (χ2n) is 15.2. The molecule has 61 heavy (non-hydrogen) atoms. The normalized spacial score (nSPS) is 14.9. The maximum absolute atomic E-state index is 13.2. The smallest absolute Gasteiger partial charge is 0.411 e. The first-order valence-electron chi connectivity index (χ1n) is 19.1. The number of carboxylic acids is 1. The molecule has 0 aromatic heterocycles. The summed E-state index contributed by atoms with van der Waals surface area (Å²) >= 11 is 2.32. The van der Waals surface area contributed by atoms with Gasteiger partial charge < -0.3 is 19.6 Å². The summed E-state index contributed by atoms with van der Waals surface area (Å²) in [6.45, 7) is 22.2. The van der Waals surface area contributed by atoms with Crippen LogP contribution in [0.1, 0.15) is 52.8 Å². The molecule has 3 aromatic carbocycles. The van der Waals surface area contributed by atoms with E-state index in [2.05, 4.69) is 105 Å². The van der Waals surface area contributed by atoms with Gasteiger partial charge in [0.15, 0.2) is 0 Å². The van der Waals surface area contributed by atoms with E-state index in [9.17, 15) is 46.0 Å². The molecule has 5 rings (SSSR count). The molecule has 2 heterocycles. The van der Waals surface area contributed by atoms with Crippen molar-refractivity contribution in [2.24, 2.45) is 0 Å². The molecular weight excluding hydrogens is 902 g/mol. The van der Waals surface area contributed by atoms with Gasteiger partial charge in [-0.3, -0.25) is 9.80 Å². The number of hydrogen-bond acceptors (Lipinski definition) is 10. The summed E-state index contributed by atoms with van der Waals surface area (Å²) < 4.78 is 89.2. The third kappa shape index (κ3) is 12.5. The minimum absolute atomic E-state index is 0.0526. The molecule has 0 spiro atoms. The van der Waals surface area contributed by atoms with Gasteiger partial charge in [0.2, 0.25) is 0 Å². The molecule has 0 aliphatic carbocycles. The zero-order valence-corrected chi connectivity index (χ0v) is 37.2. The van der Waals surface area contributed by atoms with Gasteiger partial charge in [0.05, 0.1) is 6.67 Å². The van der Waals surface area contributed by atoms with Crippen LogP contribution in [0.4, 0.5) is 43.4 Å². The Morgan fingerprint density at radius 1 is 0.852 bits per heavy atom. The van der Waals surface area contributed by atoms with Gasteiger partial charge in [-0.1, -0.05) is 35.4 Å². The number of carboxylic acid groups (broad SMARTS) is 1. The fourth-order valence-corrected chi connectivity index (χ4v) is 7.37. The second-order valence-corrected chi connectivity index (χ2v) is 15.7. The van der Waals surface area contributed by atoms with Crippen molar-refractivity contribution in [3.05, 3.63) is 98.2 Å². The Hall–Kier alpha value is -4.61. The number of alkyl halides is 6. The molecule has 0 bridgehead atoms. The summed E-state index contributed by atoms with van der Waals surface area (Å²) in [6, 6.07) is 13.7. The number of halogens is 6. The van der Waals surface area contributed by atoms with Crippen LogP contribution in [0.3, 0.4) is 0 Å². The molecule has 0 saturated carbocycles. The van der Waals surface area contributed by atoms with Gasteiger partial charge in [-0.25, -0.2) is 9.59 Å². The van der Waals surface area contributed by atoms with Crippen molar-refractivity contribution in [1.82, 2.24) is 9.80 Å². The fraction of sp³-hybridized carbons (Fsp3) is 0.476. The van der Waals surface area contributed by atoms with E-state index in [1.54, 1.807) is 22.6 Å². The van der Waals surface area contributed by atoms with Crippen LogP contribution in [-0.4, -0.2) is 113 Å². The van der Waals surface area contributed by atoms with Crippen LogP contribution in [-0.2, 0) is 32.2 Å². The molecule has 2 aliphatic heterocycles. The number of hydrogen-bond donors (Lipinski definition) is 1. The molecule has 2 fully saturated rings. The summed E-state index contributed by atoms with van der Waals surface area (Å²) in [7, 11) is 1.76. The number of esters is 1. The number of ether oxygens (including phenoxy) is 2. The largest absolute Gasteiger partial charge is 0.502 e. The number of anilines is 2. The van der Waals surface area contributed by atoms with Gasteiger partial charge in [-0.2, -0.15) is 33.0 Å². The third-order valence-corrected chi connectivity index (χ3v) is 10.1. The predicted octanol–water partition coefficient (Wildman–Crippen LogP) is 7.79. The SMILES string of the molecule is CC(C)Oc1ccc([N+](=O)[O-])cc1[CH]=[Ru+].CN1CCN(CCOC(=O)C(F)(F)C(F)(F)C(F)(F)C(=O)O)C1.Cc1cc(C)c(N2[CH-]N(c3c(C)cc(C)cc3C)CC2)c(C)c1. The van der Waals surface area contributed by atoms with Gasteiger partial charge in [0.1, 0.15) is 6.61 Å². The van der Waals surface area contributed by atoms with E-state index in [0.29, 0.717) is 31.1 Å². The molecule has 1 N–H and O–H groups in total. The maximum atomic E-state index is 13.2. The average Bonchev–Trinajstić information content (AvgIpc) is 3.79. The van der Waals surface area contributed by atoms with E-state index >= 15 is 0 Å². The Balaban J connectivity index is 0.000000250. The number of nitro groups is 1. The van der Waals surface area contributed by atoms with E-state index < -0.39 is 41.2 Å². The monoisotopic (exact) mass is 954 g/mol. The molecular formula is C42H52F6N5O7Ru. The van der Waals surface area contributed by atoms with Crippen LogP contribution in [0.25, 0.3) is 0 Å².